The van der Waals surface area contributed by atoms with Crippen molar-refractivity contribution in [2.75, 3.05) is 38.2 Å². The zero-order chi connectivity index (χ0) is 19.1. The highest BCUT2D eigenvalue weighted by atomic mass is 16.5. The van der Waals surface area contributed by atoms with Crippen LogP contribution in [0.5, 0.6) is 5.75 Å². The van der Waals surface area contributed by atoms with Gasteiger partial charge in [-0.2, -0.15) is 0 Å². The largest absolute Gasteiger partial charge is 0.492 e. The Morgan fingerprint density at radius 3 is 2.59 bits per heavy atom. The predicted octanol–water partition coefficient (Wildman–Crippen LogP) is 3.68. The van der Waals surface area contributed by atoms with Gasteiger partial charge in [0.15, 0.2) is 0 Å². The van der Waals surface area contributed by atoms with E-state index >= 15 is 0 Å². The number of likely N-dealkylation sites (tertiary alicyclic amines) is 1. The van der Waals surface area contributed by atoms with Gasteiger partial charge < -0.3 is 19.9 Å². The Labute approximate surface area is 161 Å². The molecule has 0 unspecified atom stereocenters. The second-order valence-corrected chi connectivity index (χ2v) is 7.06. The number of amides is 2. The third-order valence-corrected chi connectivity index (χ3v) is 5.10. The van der Waals surface area contributed by atoms with E-state index in [0.717, 1.165) is 31.7 Å². The summed E-state index contributed by atoms with van der Waals surface area (Å²) in [6, 6.07) is 18.8. The molecule has 27 heavy (non-hydrogen) atoms. The summed E-state index contributed by atoms with van der Waals surface area (Å²) >= 11 is 0. The van der Waals surface area contributed by atoms with Gasteiger partial charge in [0.2, 0.25) is 0 Å². The molecule has 5 nitrogen and oxygen atoms in total. The first-order chi connectivity index (χ1) is 13.1. The maximum absolute atomic E-state index is 12.4. The summed E-state index contributed by atoms with van der Waals surface area (Å²) in [7, 11) is 2.14. The SMILES string of the molecule is Cc1cccc(OCCNC(=O)N2CCC(N(C)c3ccccc3)CC2)c1. The molecule has 1 fully saturated rings. The van der Waals surface area contributed by atoms with Crippen LogP contribution in [0.3, 0.4) is 0 Å². The maximum Gasteiger partial charge on any atom is 0.317 e. The van der Waals surface area contributed by atoms with Gasteiger partial charge in [0, 0.05) is 31.9 Å². The van der Waals surface area contributed by atoms with Crippen LogP contribution in [0.4, 0.5) is 10.5 Å². The zero-order valence-electron chi connectivity index (χ0n) is 16.2. The molecule has 0 aromatic heterocycles. The van der Waals surface area contributed by atoms with Crippen molar-refractivity contribution in [3.8, 4) is 5.75 Å². The Morgan fingerprint density at radius 2 is 1.89 bits per heavy atom. The molecule has 0 atom stereocenters. The van der Waals surface area contributed by atoms with Crippen LogP contribution in [-0.4, -0.2) is 50.3 Å². The third-order valence-electron chi connectivity index (χ3n) is 5.10. The van der Waals surface area contributed by atoms with Gasteiger partial charge in [0.25, 0.3) is 0 Å². The van der Waals surface area contributed by atoms with Crippen LogP contribution in [0, 0.1) is 6.92 Å². The smallest absolute Gasteiger partial charge is 0.317 e. The monoisotopic (exact) mass is 367 g/mol. The van der Waals surface area contributed by atoms with E-state index in [9.17, 15) is 4.79 Å². The van der Waals surface area contributed by atoms with Crippen molar-refractivity contribution in [1.82, 2.24) is 10.2 Å². The minimum Gasteiger partial charge on any atom is -0.492 e. The molecule has 1 saturated heterocycles. The van der Waals surface area contributed by atoms with Crippen molar-refractivity contribution >= 4 is 11.7 Å². The molecule has 1 aliphatic rings. The van der Waals surface area contributed by atoms with Gasteiger partial charge in [0.1, 0.15) is 12.4 Å². The predicted molar refractivity (Wildman–Crippen MR) is 110 cm³/mol. The molecule has 1 N–H and O–H groups in total. The highest BCUT2D eigenvalue weighted by Gasteiger charge is 2.25. The molecule has 0 aliphatic carbocycles. The van der Waals surface area contributed by atoms with Crippen molar-refractivity contribution in [3.05, 3.63) is 60.2 Å². The molecule has 0 bridgehead atoms. The number of piperidine rings is 1. The topological polar surface area (TPSA) is 44.8 Å². The summed E-state index contributed by atoms with van der Waals surface area (Å²) in [5.74, 6) is 0.842. The minimum absolute atomic E-state index is 0.00339. The zero-order valence-corrected chi connectivity index (χ0v) is 16.2. The first-order valence-electron chi connectivity index (χ1n) is 9.63. The van der Waals surface area contributed by atoms with Crippen molar-refractivity contribution < 1.29 is 9.53 Å². The lowest BCUT2D eigenvalue weighted by molar-refractivity contribution is 0.178. The number of hydrogen-bond donors (Lipinski definition) is 1. The lowest BCUT2D eigenvalue weighted by Crippen LogP contribution is -2.49. The molecular formula is C22H29N3O2. The molecule has 5 heteroatoms. The standard InChI is InChI=1S/C22H29N3O2/c1-18-7-6-10-21(17-18)27-16-13-23-22(26)25-14-11-20(12-15-25)24(2)19-8-4-3-5-9-19/h3-10,17,20H,11-16H2,1-2H3,(H,23,26). The fourth-order valence-corrected chi connectivity index (χ4v) is 3.47. The number of hydrogen-bond acceptors (Lipinski definition) is 3. The fourth-order valence-electron chi connectivity index (χ4n) is 3.47. The quantitative estimate of drug-likeness (QED) is 0.792. The van der Waals surface area contributed by atoms with Gasteiger partial charge in [0.05, 0.1) is 6.54 Å². The maximum atomic E-state index is 12.4. The van der Waals surface area contributed by atoms with Crippen LogP contribution < -0.4 is 15.0 Å². The van der Waals surface area contributed by atoms with Gasteiger partial charge in [-0.25, -0.2) is 4.79 Å². The molecule has 2 aromatic rings. The van der Waals surface area contributed by atoms with E-state index in [1.54, 1.807) is 0 Å². The molecule has 0 radical (unpaired) electrons. The Kier molecular flexibility index (Phi) is 6.58. The number of anilines is 1. The van der Waals surface area contributed by atoms with Gasteiger partial charge >= 0.3 is 6.03 Å². The van der Waals surface area contributed by atoms with Crippen molar-refractivity contribution in [3.63, 3.8) is 0 Å². The molecule has 0 saturated carbocycles. The van der Waals surface area contributed by atoms with E-state index in [4.69, 9.17) is 4.74 Å². The molecule has 1 aliphatic heterocycles. The van der Waals surface area contributed by atoms with Crippen molar-refractivity contribution in [2.24, 2.45) is 0 Å². The number of rotatable bonds is 6. The van der Waals surface area contributed by atoms with Crippen LogP contribution in [0.2, 0.25) is 0 Å². The highest BCUT2D eigenvalue weighted by Crippen LogP contribution is 2.21. The van der Waals surface area contributed by atoms with E-state index in [2.05, 4.69) is 41.5 Å². The number of nitrogens with zero attached hydrogens (tertiary/aromatic N) is 2. The number of para-hydroxylation sites is 1. The van der Waals surface area contributed by atoms with Gasteiger partial charge in [-0.1, -0.05) is 30.3 Å². The number of benzene rings is 2. The van der Waals surface area contributed by atoms with Gasteiger partial charge in [-0.3, -0.25) is 0 Å². The van der Waals surface area contributed by atoms with Crippen molar-refractivity contribution in [1.29, 1.82) is 0 Å². The average Bonchev–Trinajstić information content (AvgIpc) is 2.71. The molecular weight excluding hydrogens is 338 g/mol. The van der Waals surface area contributed by atoms with E-state index in [0.29, 0.717) is 19.2 Å². The van der Waals surface area contributed by atoms with Crippen LogP contribution in [0.25, 0.3) is 0 Å². The molecule has 2 aromatic carbocycles. The second-order valence-electron chi connectivity index (χ2n) is 7.06. The summed E-state index contributed by atoms with van der Waals surface area (Å²) in [5.41, 5.74) is 2.40. The Balaban J connectivity index is 1.37. The van der Waals surface area contributed by atoms with Crippen LogP contribution in [0.15, 0.2) is 54.6 Å². The fraction of sp³-hybridized carbons (Fsp3) is 0.409. The Morgan fingerprint density at radius 1 is 1.15 bits per heavy atom. The number of carbonyl (C=O) groups is 1. The number of urea groups is 1. The van der Waals surface area contributed by atoms with E-state index in [1.165, 1.54) is 11.3 Å². The molecule has 3 rings (SSSR count). The molecule has 1 heterocycles. The summed E-state index contributed by atoms with van der Waals surface area (Å²) in [4.78, 5) is 16.6. The van der Waals surface area contributed by atoms with E-state index < -0.39 is 0 Å². The lowest BCUT2D eigenvalue weighted by Gasteiger charge is -2.37. The Bertz CT molecular complexity index is 727. The van der Waals surface area contributed by atoms with Gasteiger partial charge in [-0.05, 0) is 49.6 Å². The normalized spacial score (nSPS) is 14.7. The Hall–Kier alpha value is -2.69. The van der Waals surface area contributed by atoms with Crippen LogP contribution in [-0.2, 0) is 0 Å². The van der Waals surface area contributed by atoms with Crippen molar-refractivity contribution in [2.45, 2.75) is 25.8 Å². The first-order valence-corrected chi connectivity index (χ1v) is 9.63. The number of nitrogens with one attached hydrogen (secondary N) is 1. The molecule has 2 amide bonds. The summed E-state index contributed by atoms with van der Waals surface area (Å²) in [5, 5.41) is 2.96. The molecule has 144 valence electrons. The number of carbonyl (C=O) groups excluding carboxylic acids is 1. The second kappa shape index (κ2) is 9.31. The first kappa shape index (κ1) is 19.1. The number of ether oxygens (including phenoxy) is 1. The summed E-state index contributed by atoms with van der Waals surface area (Å²) < 4.78 is 5.68. The summed E-state index contributed by atoms with van der Waals surface area (Å²) in [6.07, 6.45) is 1.97. The average molecular weight is 367 g/mol. The lowest BCUT2D eigenvalue weighted by atomic mass is 10.0. The van der Waals surface area contributed by atoms with E-state index in [1.807, 2.05) is 42.2 Å². The third kappa shape index (κ3) is 5.39. The van der Waals surface area contributed by atoms with E-state index in [-0.39, 0.29) is 6.03 Å². The number of aryl methyl sites for hydroxylation is 1. The van der Waals surface area contributed by atoms with Gasteiger partial charge in [-0.15, -0.1) is 0 Å². The molecule has 0 spiro atoms. The minimum atomic E-state index is 0.00339. The summed E-state index contributed by atoms with van der Waals surface area (Å²) in [6.45, 7) is 4.59. The highest BCUT2D eigenvalue weighted by molar-refractivity contribution is 5.74. The van der Waals surface area contributed by atoms with Crippen LogP contribution >= 0.6 is 0 Å². The van der Waals surface area contributed by atoms with Crippen LogP contribution in [0.1, 0.15) is 18.4 Å².